The molecule has 0 aliphatic heterocycles. The standard InChI is InChI=1S/C9H17N3O2/c1-4-12(6-9(2,3)13)5-8-10-7-14-11-8/h7,13H,4-6H2,1-3H3. The van der Waals surface area contributed by atoms with Crippen LogP contribution in [0.15, 0.2) is 10.9 Å². The van der Waals surface area contributed by atoms with E-state index in [1.54, 1.807) is 13.8 Å². The fourth-order valence-corrected chi connectivity index (χ4v) is 1.29. The number of hydrogen-bond donors (Lipinski definition) is 1. The second-order valence-corrected chi connectivity index (χ2v) is 3.96. The third kappa shape index (κ3) is 3.85. The maximum Gasteiger partial charge on any atom is 0.213 e. The summed E-state index contributed by atoms with van der Waals surface area (Å²) in [4.78, 5) is 5.99. The van der Waals surface area contributed by atoms with Crippen LogP contribution < -0.4 is 0 Å². The molecule has 0 unspecified atom stereocenters. The molecule has 0 aliphatic carbocycles. The molecule has 1 aromatic heterocycles. The molecule has 5 heteroatoms. The van der Waals surface area contributed by atoms with Crippen molar-refractivity contribution in [1.29, 1.82) is 0 Å². The largest absolute Gasteiger partial charge is 0.389 e. The maximum absolute atomic E-state index is 9.64. The average Bonchev–Trinajstić information content (AvgIpc) is 2.53. The van der Waals surface area contributed by atoms with E-state index in [0.29, 0.717) is 18.9 Å². The van der Waals surface area contributed by atoms with Gasteiger partial charge in [-0.3, -0.25) is 4.90 Å². The molecule has 0 radical (unpaired) electrons. The molecule has 0 amide bonds. The number of aromatic nitrogens is 2. The first kappa shape index (κ1) is 11.1. The van der Waals surface area contributed by atoms with Crippen molar-refractivity contribution in [1.82, 2.24) is 15.0 Å². The monoisotopic (exact) mass is 199 g/mol. The highest BCUT2D eigenvalue weighted by Gasteiger charge is 2.18. The van der Waals surface area contributed by atoms with Crippen molar-refractivity contribution in [3.8, 4) is 0 Å². The van der Waals surface area contributed by atoms with E-state index in [9.17, 15) is 5.11 Å². The van der Waals surface area contributed by atoms with E-state index in [1.807, 2.05) is 6.92 Å². The van der Waals surface area contributed by atoms with Crippen LogP contribution in [0.1, 0.15) is 26.6 Å². The van der Waals surface area contributed by atoms with Crippen LogP contribution in [0.25, 0.3) is 0 Å². The Morgan fingerprint density at radius 3 is 2.71 bits per heavy atom. The summed E-state index contributed by atoms with van der Waals surface area (Å²) in [6, 6.07) is 0. The minimum Gasteiger partial charge on any atom is -0.389 e. The predicted molar refractivity (Wildman–Crippen MR) is 51.5 cm³/mol. The minimum atomic E-state index is -0.695. The van der Waals surface area contributed by atoms with Gasteiger partial charge in [0.2, 0.25) is 6.39 Å². The molecule has 1 heterocycles. The molecule has 0 aromatic carbocycles. The molecule has 80 valence electrons. The molecule has 0 bridgehead atoms. The number of likely N-dealkylation sites (N-methyl/N-ethyl adjacent to an activating group) is 1. The number of hydrogen-bond acceptors (Lipinski definition) is 5. The zero-order chi connectivity index (χ0) is 10.6. The molecule has 0 saturated carbocycles. The fraction of sp³-hybridized carbons (Fsp3) is 0.778. The van der Waals surface area contributed by atoms with Crippen molar-refractivity contribution in [2.24, 2.45) is 0 Å². The third-order valence-electron chi connectivity index (χ3n) is 1.83. The minimum absolute atomic E-state index is 0.595. The SMILES string of the molecule is CCN(Cc1ncon1)CC(C)(C)O. The van der Waals surface area contributed by atoms with Crippen LogP contribution in [0.4, 0.5) is 0 Å². The van der Waals surface area contributed by atoms with Gasteiger partial charge < -0.3 is 9.63 Å². The highest BCUT2D eigenvalue weighted by atomic mass is 16.5. The highest BCUT2D eigenvalue weighted by molar-refractivity contribution is 4.80. The van der Waals surface area contributed by atoms with Gasteiger partial charge in [-0.1, -0.05) is 12.1 Å². The van der Waals surface area contributed by atoms with Gasteiger partial charge in [-0.2, -0.15) is 4.98 Å². The highest BCUT2D eigenvalue weighted by Crippen LogP contribution is 2.07. The van der Waals surface area contributed by atoms with Crippen molar-refractivity contribution in [2.45, 2.75) is 32.9 Å². The Morgan fingerprint density at radius 2 is 2.29 bits per heavy atom. The lowest BCUT2D eigenvalue weighted by molar-refractivity contribution is 0.0343. The van der Waals surface area contributed by atoms with Gasteiger partial charge in [-0.05, 0) is 20.4 Å². The van der Waals surface area contributed by atoms with E-state index in [1.165, 1.54) is 6.39 Å². The summed E-state index contributed by atoms with van der Waals surface area (Å²) in [6.45, 7) is 7.65. The molecule has 0 fully saturated rings. The number of aliphatic hydroxyl groups is 1. The Morgan fingerprint density at radius 1 is 1.57 bits per heavy atom. The van der Waals surface area contributed by atoms with E-state index in [4.69, 9.17) is 0 Å². The molecule has 5 nitrogen and oxygen atoms in total. The summed E-state index contributed by atoms with van der Waals surface area (Å²) in [7, 11) is 0. The summed E-state index contributed by atoms with van der Waals surface area (Å²) >= 11 is 0. The maximum atomic E-state index is 9.64. The Hall–Kier alpha value is -0.940. The first-order chi connectivity index (χ1) is 6.51. The van der Waals surface area contributed by atoms with Crippen LogP contribution in [0.5, 0.6) is 0 Å². The van der Waals surface area contributed by atoms with Gasteiger partial charge in [0, 0.05) is 6.54 Å². The molecule has 0 atom stereocenters. The number of nitrogens with zero attached hydrogens (tertiary/aromatic N) is 3. The van der Waals surface area contributed by atoms with Gasteiger partial charge in [-0.15, -0.1) is 0 Å². The molecular weight excluding hydrogens is 182 g/mol. The Bertz CT molecular complexity index is 254. The predicted octanol–water partition coefficient (Wildman–Crippen LogP) is 0.662. The first-order valence-corrected chi connectivity index (χ1v) is 4.71. The zero-order valence-corrected chi connectivity index (χ0v) is 8.90. The fourth-order valence-electron chi connectivity index (χ4n) is 1.29. The molecule has 14 heavy (non-hydrogen) atoms. The van der Waals surface area contributed by atoms with Crippen molar-refractivity contribution in [3.05, 3.63) is 12.2 Å². The van der Waals surface area contributed by atoms with Gasteiger partial charge in [0.15, 0.2) is 5.82 Å². The molecular formula is C9H17N3O2. The van der Waals surface area contributed by atoms with Crippen molar-refractivity contribution in [3.63, 3.8) is 0 Å². The molecule has 1 aromatic rings. The van der Waals surface area contributed by atoms with Gasteiger partial charge in [0.25, 0.3) is 0 Å². The first-order valence-electron chi connectivity index (χ1n) is 4.71. The molecule has 0 aliphatic rings. The van der Waals surface area contributed by atoms with Crippen molar-refractivity contribution < 1.29 is 9.63 Å². The summed E-state index contributed by atoms with van der Waals surface area (Å²) in [5.41, 5.74) is -0.695. The summed E-state index contributed by atoms with van der Waals surface area (Å²) < 4.78 is 4.64. The third-order valence-corrected chi connectivity index (χ3v) is 1.83. The lowest BCUT2D eigenvalue weighted by Gasteiger charge is -2.26. The lowest BCUT2D eigenvalue weighted by atomic mass is 10.1. The molecule has 0 spiro atoms. The van der Waals surface area contributed by atoms with Crippen LogP contribution in [0.2, 0.25) is 0 Å². The quantitative estimate of drug-likeness (QED) is 0.755. The van der Waals surface area contributed by atoms with Crippen molar-refractivity contribution in [2.75, 3.05) is 13.1 Å². The second kappa shape index (κ2) is 4.52. The lowest BCUT2D eigenvalue weighted by Crippen LogP contribution is -2.38. The van der Waals surface area contributed by atoms with E-state index in [0.717, 1.165) is 6.54 Å². The van der Waals surface area contributed by atoms with Crippen molar-refractivity contribution >= 4 is 0 Å². The van der Waals surface area contributed by atoms with Crippen LogP contribution in [0, 0.1) is 0 Å². The van der Waals surface area contributed by atoms with Gasteiger partial charge >= 0.3 is 0 Å². The summed E-state index contributed by atoms with van der Waals surface area (Å²) in [5.74, 6) is 0.649. The summed E-state index contributed by atoms with van der Waals surface area (Å²) in [6.07, 6.45) is 1.31. The van der Waals surface area contributed by atoms with Crippen LogP contribution >= 0.6 is 0 Å². The van der Waals surface area contributed by atoms with E-state index < -0.39 is 5.60 Å². The van der Waals surface area contributed by atoms with Crippen LogP contribution in [-0.2, 0) is 6.54 Å². The number of rotatable bonds is 5. The average molecular weight is 199 g/mol. The van der Waals surface area contributed by atoms with Gasteiger partial charge in [0.1, 0.15) is 0 Å². The topological polar surface area (TPSA) is 62.4 Å². The van der Waals surface area contributed by atoms with Gasteiger partial charge in [0.05, 0.1) is 12.1 Å². The van der Waals surface area contributed by atoms with E-state index in [2.05, 4.69) is 19.6 Å². The van der Waals surface area contributed by atoms with E-state index >= 15 is 0 Å². The molecule has 0 saturated heterocycles. The zero-order valence-electron chi connectivity index (χ0n) is 8.90. The van der Waals surface area contributed by atoms with E-state index in [-0.39, 0.29) is 0 Å². The Balaban J connectivity index is 2.47. The van der Waals surface area contributed by atoms with Crippen LogP contribution in [0.3, 0.4) is 0 Å². The van der Waals surface area contributed by atoms with Gasteiger partial charge in [-0.25, -0.2) is 0 Å². The smallest absolute Gasteiger partial charge is 0.213 e. The Kier molecular flexibility index (Phi) is 3.60. The molecule has 1 rings (SSSR count). The normalized spacial score (nSPS) is 12.4. The second-order valence-electron chi connectivity index (χ2n) is 3.96. The molecule has 1 N–H and O–H groups in total. The van der Waals surface area contributed by atoms with Crippen LogP contribution in [-0.4, -0.2) is 38.8 Å². The Labute approximate surface area is 83.7 Å². The summed E-state index contributed by atoms with van der Waals surface area (Å²) in [5, 5.41) is 13.4.